The van der Waals surface area contributed by atoms with Crippen molar-refractivity contribution in [1.82, 2.24) is 10.6 Å². The predicted molar refractivity (Wildman–Crippen MR) is 140 cm³/mol. The molecule has 0 aromatic carbocycles. The first-order chi connectivity index (χ1) is 18.6. The van der Waals surface area contributed by atoms with Gasteiger partial charge in [-0.15, -0.1) is 0 Å². The van der Waals surface area contributed by atoms with E-state index in [1.54, 1.807) is 6.92 Å². The number of rotatable bonds is 22. The lowest BCUT2D eigenvalue weighted by atomic mass is 9.78. The molecule has 4 N–H and O–H groups in total. The van der Waals surface area contributed by atoms with Crippen molar-refractivity contribution in [2.75, 3.05) is 39.5 Å². The Morgan fingerprint density at radius 3 is 2.15 bits per heavy atom. The van der Waals surface area contributed by atoms with Crippen LogP contribution in [0.4, 0.5) is 0 Å². The minimum Gasteiger partial charge on any atom is -0.481 e. The summed E-state index contributed by atoms with van der Waals surface area (Å²) in [5.41, 5.74) is 0. The number of ketones is 2. The largest absolute Gasteiger partial charge is 0.481 e. The highest BCUT2D eigenvalue weighted by Gasteiger charge is 2.30. The SMILES string of the molecule is CCC(=O)COCCOCCNC(=O)CCC(CC(=O)C1CCC(CNC(=O)CCCC(=O)O)CC1)C(=O)O. The van der Waals surface area contributed by atoms with E-state index >= 15 is 0 Å². The van der Waals surface area contributed by atoms with Crippen LogP contribution in [-0.4, -0.2) is 85.0 Å². The van der Waals surface area contributed by atoms with Crippen LogP contribution in [-0.2, 0) is 38.2 Å². The second-order valence-electron chi connectivity index (χ2n) is 9.92. The lowest BCUT2D eigenvalue weighted by molar-refractivity contribution is -0.145. The molecule has 12 heteroatoms. The molecule has 0 aromatic rings. The zero-order valence-corrected chi connectivity index (χ0v) is 22.9. The number of carboxylic acids is 2. The summed E-state index contributed by atoms with van der Waals surface area (Å²) < 4.78 is 10.5. The van der Waals surface area contributed by atoms with Gasteiger partial charge in [0.25, 0.3) is 0 Å². The summed E-state index contributed by atoms with van der Waals surface area (Å²) in [6, 6.07) is 0. The number of amides is 2. The zero-order valence-electron chi connectivity index (χ0n) is 22.9. The third-order valence-electron chi connectivity index (χ3n) is 6.80. The molecule has 1 fully saturated rings. The number of carboxylic acid groups (broad SMARTS) is 2. The Labute approximate surface area is 229 Å². The van der Waals surface area contributed by atoms with Crippen molar-refractivity contribution < 1.29 is 48.5 Å². The second-order valence-corrected chi connectivity index (χ2v) is 9.92. The van der Waals surface area contributed by atoms with Crippen molar-refractivity contribution in [3.05, 3.63) is 0 Å². The summed E-state index contributed by atoms with van der Waals surface area (Å²) in [7, 11) is 0. The summed E-state index contributed by atoms with van der Waals surface area (Å²) in [6.45, 7) is 3.40. The molecule has 0 spiro atoms. The smallest absolute Gasteiger partial charge is 0.306 e. The number of carbonyl (C=O) groups excluding carboxylic acids is 4. The van der Waals surface area contributed by atoms with Crippen LogP contribution < -0.4 is 10.6 Å². The maximum atomic E-state index is 12.8. The average molecular weight is 557 g/mol. The number of hydrogen-bond acceptors (Lipinski definition) is 8. The zero-order chi connectivity index (χ0) is 29.0. The maximum Gasteiger partial charge on any atom is 0.306 e. The Morgan fingerprint density at radius 2 is 1.51 bits per heavy atom. The molecule has 1 rings (SSSR count). The van der Waals surface area contributed by atoms with Crippen molar-refractivity contribution in [3.8, 4) is 0 Å². The molecule has 0 aliphatic heterocycles. The molecular weight excluding hydrogens is 512 g/mol. The Bertz CT molecular complexity index is 808. The maximum absolute atomic E-state index is 12.8. The summed E-state index contributed by atoms with van der Waals surface area (Å²) in [6.07, 6.45) is 3.55. The monoisotopic (exact) mass is 556 g/mol. The molecule has 0 radical (unpaired) electrons. The van der Waals surface area contributed by atoms with Gasteiger partial charge in [0.1, 0.15) is 12.4 Å². The Hall–Kier alpha value is -2.86. The number of hydrogen-bond donors (Lipinski definition) is 4. The molecule has 222 valence electrons. The molecule has 0 heterocycles. The number of nitrogens with one attached hydrogen (secondary N) is 2. The fourth-order valence-corrected chi connectivity index (χ4v) is 4.32. The standard InChI is InChI=1S/C27H44N2O10/c1-2-22(30)18-39-15-14-38-13-12-28-25(33)11-10-21(27(36)37)16-23(31)20-8-6-19(7-9-20)17-29-24(32)4-3-5-26(34)35/h19-21H,2-18H2,1H3,(H,28,33)(H,29,32)(H,34,35)(H,36,37). The van der Waals surface area contributed by atoms with E-state index < -0.39 is 17.9 Å². The quantitative estimate of drug-likeness (QED) is 0.143. The van der Waals surface area contributed by atoms with Gasteiger partial charge in [-0.2, -0.15) is 0 Å². The van der Waals surface area contributed by atoms with Gasteiger partial charge in [0.15, 0.2) is 5.78 Å². The number of carbonyl (C=O) groups is 6. The third-order valence-corrected chi connectivity index (χ3v) is 6.80. The second kappa shape index (κ2) is 20.1. The average Bonchev–Trinajstić information content (AvgIpc) is 2.90. The van der Waals surface area contributed by atoms with Gasteiger partial charge in [0.05, 0.1) is 25.7 Å². The fourth-order valence-electron chi connectivity index (χ4n) is 4.32. The van der Waals surface area contributed by atoms with Crippen molar-refractivity contribution in [2.24, 2.45) is 17.8 Å². The Kier molecular flexibility index (Phi) is 17.6. The molecule has 0 aromatic heterocycles. The van der Waals surface area contributed by atoms with E-state index in [2.05, 4.69) is 10.6 Å². The molecule has 1 unspecified atom stereocenters. The highest BCUT2D eigenvalue weighted by atomic mass is 16.5. The van der Waals surface area contributed by atoms with Crippen LogP contribution in [0, 0.1) is 17.8 Å². The highest BCUT2D eigenvalue weighted by molar-refractivity contribution is 5.86. The van der Waals surface area contributed by atoms with Gasteiger partial charge in [-0.3, -0.25) is 28.8 Å². The Balaban J connectivity index is 2.21. The van der Waals surface area contributed by atoms with E-state index in [0.717, 1.165) is 12.8 Å². The molecule has 1 saturated carbocycles. The summed E-state index contributed by atoms with van der Waals surface area (Å²) in [4.78, 5) is 70.0. The topological polar surface area (TPSA) is 185 Å². The minimum atomic E-state index is -1.10. The number of Topliss-reactive ketones (excluding diaryl/α,β-unsaturated/α-hetero) is 2. The van der Waals surface area contributed by atoms with Gasteiger partial charge in [0.2, 0.25) is 11.8 Å². The molecule has 2 amide bonds. The first-order valence-corrected chi connectivity index (χ1v) is 13.8. The van der Waals surface area contributed by atoms with E-state index in [0.29, 0.717) is 38.8 Å². The lowest BCUT2D eigenvalue weighted by Crippen LogP contribution is -2.33. The van der Waals surface area contributed by atoms with Crippen LogP contribution in [0.25, 0.3) is 0 Å². The first kappa shape index (κ1) is 34.2. The van der Waals surface area contributed by atoms with Crippen LogP contribution in [0.3, 0.4) is 0 Å². The summed E-state index contributed by atoms with van der Waals surface area (Å²) in [5, 5.41) is 23.7. The highest BCUT2D eigenvalue weighted by Crippen LogP contribution is 2.31. The summed E-state index contributed by atoms with van der Waals surface area (Å²) >= 11 is 0. The van der Waals surface area contributed by atoms with Crippen LogP contribution in [0.5, 0.6) is 0 Å². The minimum absolute atomic E-state index is 0.00854. The van der Waals surface area contributed by atoms with Gasteiger partial charge in [0, 0.05) is 51.1 Å². The van der Waals surface area contributed by atoms with Gasteiger partial charge >= 0.3 is 11.9 Å². The molecule has 39 heavy (non-hydrogen) atoms. The van der Waals surface area contributed by atoms with Gasteiger partial charge in [-0.1, -0.05) is 6.92 Å². The van der Waals surface area contributed by atoms with Crippen molar-refractivity contribution in [2.45, 2.75) is 77.6 Å². The third kappa shape index (κ3) is 16.7. The Morgan fingerprint density at radius 1 is 0.846 bits per heavy atom. The lowest BCUT2D eigenvalue weighted by Gasteiger charge is -2.28. The molecule has 1 aliphatic carbocycles. The van der Waals surface area contributed by atoms with Crippen LogP contribution in [0.2, 0.25) is 0 Å². The predicted octanol–water partition coefficient (Wildman–Crippen LogP) is 1.73. The van der Waals surface area contributed by atoms with Gasteiger partial charge in [-0.05, 0) is 44.4 Å². The molecule has 0 saturated heterocycles. The van der Waals surface area contributed by atoms with E-state index in [1.807, 2.05) is 0 Å². The molecule has 12 nitrogen and oxygen atoms in total. The van der Waals surface area contributed by atoms with E-state index in [-0.39, 0.29) is 93.7 Å². The molecule has 1 atom stereocenters. The summed E-state index contributed by atoms with van der Waals surface area (Å²) in [5.74, 6) is -3.51. The fraction of sp³-hybridized carbons (Fsp3) is 0.778. The molecular formula is C27H44N2O10. The first-order valence-electron chi connectivity index (χ1n) is 13.8. The molecule has 0 bridgehead atoms. The number of ether oxygens (including phenoxy) is 2. The van der Waals surface area contributed by atoms with Crippen LogP contribution in [0.1, 0.15) is 77.6 Å². The van der Waals surface area contributed by atoms with Gasteiger partial charge in [-0.25, -0.2) is 0 Å². The molecule has 1 aliphatic rings. The van der Waals surface area contributed by atoms with E-state index in [1.165, 1.54) is 0 Å². The van der Waals surface area contributed by atoms with Crippen LogP contribution in [0.15, 0.2) is 0 Å². The van der Waals surface area contributed by atoms with Crippen molar-refractivity contribution >= 4 is 35.3 Å². The van der Waals surface area contributed by atoms with E-state index in [4.69, 9.17) is 14.6 Å². The normalized spacial score (nSPS) is 17.7. The van der Waals surface area contributed by atoms with Crippen molar-refractivity contribution in [3.63, 3.8) is 0 Å². The number of aliphatic carboxylic acids is 2. The van der Waals surface area contributed by atoms with Crippen LogP contribution >= 0.6 is 0 Å². The van der Waals surface area contributed by atoms with Gasteiger partial charge < -0.3 is 30.3 Å². The van der Waals surface area contributed by atoms with Crippen molar-refractivity contribution in [1.29, 1.82) is 0 Å². The van der Waals surface area contributed by atoms with E-state index in [9.17, 15) is 33.9 Å².